The van der Waals surface area contributed by atoms with Gasteiger partial charge in [0.15, 0.2) is 0 Å². The molecule has 0 aliphatic rings. The molecule has 2 rings (SSSR count). The molecule has 0 bridgehead atoms. The highest BCUT2D eigenvalue weighted by Crippen LogP contribution is 2.20. The maximum Gasteiger partial charge on any atom is 0.338 e. The van der Waals surface area contributed by atoms with Gasteiger partial charge in [-0.25, -0.2) is 4.79 Å². The van der Waals surface area contributed by atoms with Gasteiger partial charge in [-0.05, 0) is 56.7 Å². The highest BCUT2D eigenvalue weighted by atomic mass is 79.9. The van der Waals surface area contributed by atoms with Crippen LogP contribution in [0.5, 0.6) is 5.75 Å². The quantitative estimate of drug-likeness (QED) is 0.249. The van der Waals surface area contributed by atoms with E-state index in [1.54, 1.807) is 36.4 Å². The molecule has 0 unspecified atom stereocenters. The van der Waals surface area contributed by atoms with Crippen molar-refractivity contribution in [3.8, 4) is 5.75 Å². The highest BCUT2D eigenvalue weighted by Gasteiger charge is 2.18. The number of nitrogens with one attached hydrogen (secondary N) is 1. The smallest absolute Gasteiger partial charge is 0.338 e. The summed E-state index contributed by atoms with van der Waals surface area (Å²) in [6.07, 6.45) is 3.17. The fourth-order valence-corrected chi connectivity index (χ4v) is 3.18. The molecular weight excluding hydrogens is 484 g/mol. The van der Waals surface area contributed by atoms with Crippen molar-refractivity contribution in [1.29, 1.82) is 0 Å². The second-order valence-corrected chi connectivity index (χ2v) is 8.19. The summed E-state index contributed by atoms with van der Waals surface area (Å²) in [5.74, 6) is -0.0269. The maximum atomic E-state index is 12.8. The first-order valence-electron chi connectivity index (χ1n) is 11.6. The first kappa shape index (κ1) is 28.7. The Balaban J connectivity index is 0.00000544. The van der Waals surface area contributed by atoms with E-state index >= 15 is 0 Å². The third-order valence-electron chi connectivity index (χ3n) is 5.91. The number of carbonyl (C=O) groups excluding carboxylic acids is 2. The number of hydrogen-bond acceptors (Lipinski definition) is 4. The van der Waals surface area contributed by atoms with E-state index in [0.29, 0.717) is 35.8 Å². The zero-order valence-corrected chi connectivity index (χ0v) is 21.8. The Kier molecular flexibility index (Phi) is 12.8. The number of halogens is 1. The number of ether oxygens (including phenoxy) is 2. The minimum atomic E-state index is -0.354. The SMILES string of the molecule is CCCCCOc1ccccc1C(=O)Nc1ccc(C(=O)OCC[N+](C)(CC)CC)cc1.[Br-]. The van der Waals surface area contributed by atoms with Crippen LogP contribution in [-0.2, 0) is 4.74 Å². The maximum absolute atomic E-state index is 12.8. The zero-order chi connectivity index (χ0) is 23.4. The molecule has 1 N–H and O–H groups in total. The van der Waals surface area contributed by atoms with Crippen LogP contribution < -0.4 is 27.0 Å². The molecule has 1 amide bonds. The van der Waals surface area contributed by atoms with Crippen LogP contribution in [0.4, 0.5) is 5.69 Å². The van der Waals surface area contributed by atoms with Gasteiger partial charge in [-0.2, -0.15) is 0 Å². The number of quaternary nitrogens is 1. The predicted octanol–water partition coefficient (Wildman–Crippen LogP) is 2.16. The Morgan fingerprint density at radius 1 is 0.909 bits per heavy atom. The molecule has 0 aliphatic heterocycles. The molecule has 0 saturated heterocycles. The number of esters is 1. The predicted molar refractivity (Wildman–Crippen MR) is 128 cm³/mol. The average Bonchev–Trinajstić information content (AvgIpc) is 2.82. The first-order valence-corrected chi connectivity index (χ1v) is 11.6. The molecule has 0 radical (unpaired) electrons. The lowest BCUT2D eigenvalue weighted by Gasteiger charge is -2.31. The summed E-state index contributed by atoms with van der Waals surface area (Å²) in [4.78, 5) is 25.1. The molecule has 2 aromatic carbocycles. The molecule has 33 heavy (non-hydrogen) atoms. The van der Waals surface area contributed by atoms with Crippen LogP contribution in [0.3, 0.4) is 0 Å². The summed E-state index contributed by atoms with van der Waals surface area (Å²) < 4.78 is 12.1. The van der Waals surface area contributed by atoms with Crippen molar-refractivity contribution >= 4 is 17.6 Å². The van der Waals surface area contributed by atoms with Gasteiger partial charge in [0, 0.05) is 5.69 Å². The van der Waals surface area contributed by atoms with E-state index in [2.05, 4.69) is 33.1 Å². The summed E-state index contributed by atoms with van der Waals surface area (Å²) in [6, 6.07) is 14.0. The minimum absolute atomic E-state index is 0. The molecule has 0 aromatic heterocycles. The molecular formula is C26H37BrN2O4. The molecule has 6 nitrogen and oxygen atoms in total. The van der Waals surface area contributed by atoms with E-state index in [0.717, 1.165) is 43.4 Å². The number of nitrogens with zero attached hydrogens (tertiary/aromatic N) is 1. The van der Waals surface area contributed by atoms with Crippen molar-refractivity contribution in [3.63, 3.8) is 0 Å². The van der Waals surface area contributed by atoms with Gasteiger partial charge < -0.3 is 36.3 Å². The number of amides is 1. The fourth-order valence-electron chi connectivity index (χ4n) is 3.18. The van der Waals surface area contributed by atoms with Gasteiger partial charge in [0.25, 0.3) is 5.91 Å². The van der Waals surface area contributed by atoms with Crippen molar-refractivity contribution in [2.45, 2.75) is 40.0 Å². The van der Waals surface area contributed by atoms with Gasteiger partial charge in [0.05, 0.1) is 37.9 Å². The molecule has 182 valence electrons. The van der Waals surface area contributed by atoms with Gasteiger partial charge in [-0.15, -0.1) is 0 Å². The van der Waals surface area contributed by atoms with Crippen LogP contribution in [0.25, 0.3) is 0 Å². The van der Waals surface area contributed by atoms with E-state index in [1.165, 1.54) is 0 Å². The van der Waals surface area contributed by atoms with Crippen molar-refractivity contribution < 1.29 is 40.5 Å². The van der Waals surface area contributed by atoms with Crippen LogP contribution >= 0.6 is 0 Å². The van der Waals surface area contributed by atoms with E-state index in [-0.39, 0.29) is 28.9 Å². The van der Waals surface area contributed by atoms with Gasteiger partial charge in [0.2, 0.25) is 0 Å². The first-order chi connectivity index (χ1) is 15.4. The van der Waals surface area contributed by atoms with Gasteiger partial charge in [-0.1, -0.05) is 31.9 Å². The van der Waals surface area contributed by atoms with Crippen LogP contribution in [0, 0.1) is 0 Å². The normalized spacial score (nSPS) is 10.8. The monoisotopic (exact) mass is 520 g/mol. The second-order valence-electron chi connectivity index (χ2n) is 8.19. The molecule has 0 fully saturated rings. The fraction of sp³-hybridized carbons (Fsp3) is 0.462. The third kappa shape index (κ3) is 9.18. The average molecular weight is 521 g/mol. The number of benzene rings is 2. The Labute approximate surface area is 208 Å². The number of anilines is 1. The third-order valence-corrected chi connectivity index (χ3v) is 5.91. The number of likely N-dealkylation sites (N-methyl/N-ethyl adjacent to an activating group) is 1. The number of para-hydroxylation sites is 1. The minimum Gasteiger partial charge on any atom is -1.00 e. The summed E-state index contributed by atoms with van der Waals surface area (Å²) in [6.45, 7) is 10.1. The van der Waals surface area contributed by atoms with Crippen LogP contribution in [0.15, 0.2) is 48.5 Å². The Morgan fingerprint density at radius 3 is 2.21 bits per heavy atom. The number of carbonyl (C=O) groups is 2. The van der Waals surface area contributed by atoms with Crippen molar-refractivity contribution in [2.24, 2.45) is 0 Å². The zero-order valence-electron chi connectivity index (χ0n) is 20.2. The van der Waals surface area contributed by atoms with Gasteiger partial charge >= 0.3 is 5.97 Å². The van der Waals surface area contributed by atoms with Crippen molar-refractivity contribution in [1.82, 2.24) is 0 Å². The Hall–Kier alpha value is -2.38. The molecule has 0 spiro atoms. The largest absolute Gasteiger partial charge is 1.00 e. The lowest BCUT2D eigenvalue weighted by atomic mass is 10.1. The molecule has 0 atom stereocenters. The summed E-state index contributed by atoms with van der Waals surface area (Å²) in [5.41, 5.74) is 1.55. The molecule has 0 heterocycles. The van der Waals surface area contributed by atoms with Gasteiger partial charge in [0.1, 0.15) is 18.9 Å². The van der Waals surface area contributed by atoms with Crippen LogP contribution in [-0.4, -0.2) is 56.3 Å². The van der Waals surface area contributed by atoms with Crippen molar-refractivity contribution in [2.75, 3.05) is 45.2 Å². The van der Waals surface area contributed by atoms with Crippen LogP contribution in [0.1, 0.15) is 60.7 Å². The van der Waals surface area contributed by atoms with Crippen molar-refractivity contribution in [3.05, 3.63) is 59.7 Å². The topological polar surface area (TPSA) is 64.6 Å². The van der Waals surface area contributed by atoms with E-state index in [9.17, 15) is 9.59 Å². The second kappa shape index (κ2) is 14.7. The Bertz CT molecular complexity index is 867. The van der Waals surface area contributed by atoms with Gasteiger partial charge in [-0.3, -0.25) is 4.79 Å². The lowest BCUT2D eigenvalue weighted by molar-refractivity contribution is -0.906. The van der Waals surface area contributed by atoms with E-state index < -0.39 is 0 Å². The standard InChI is InChI=1S/C26H36N2O4.BrH/c1-5-8-11-19-31-24-13-10-9-12-23(24)25(29)27-22-16-14-21(15-17-22)26(30)32-20-18-28(4,6-2)7-3;/h9-10,12-17H,5-8,11,18-20H2,1-4H3;1H. The number of hydrogen-bond donors (Lipinski definition) is 1. The summed E-state index contributed by atoms with van der Waals surface area (Å²) in [5, 5.41) is 2.87. The summed E-state index contributed by atoms with van der Waals surface area (Å²) in [7, 11) is 2.15. The highest BCUT2D eigenvalue weighted by molar-refractivity contribution is 6.06. The number of unbranched alkanes of at least 4 members (excludes halogenated alkanes) is 2. The van der Waals surface area contributed by atoms with E-state index in [4.69, 9.17) is 9.47 Å². The molecule has 7 heteroatoms. The molecule has 2 aromatic rings. The molecule has 0 saturated carbocycles. The molecule has 0 aliphatic carbocycles. The van der Waals surface area contributed by atoms with Crippen LogP contribution in [0.2, 0.25) is 0 Å². The summed E-state index contributed by atoms with van der Waals surface area (Å²) >= 11 is 0. The van der Waals surface area contributed by atoms with E-state index in [1.807, 2.05) is 12.1 Å². The Morgan fingerprint density at radius 2 is 1.58 bits per heavy atom. The lowest BCUT2D eigenvalue weighted by Crippen LogP contribution is -3.00. The number of rotatable bonds is 13.